The Morgan fingerprint density at radius 3 is 2.64 bits per heavy atom. The van der Waals surface area contributed by atoms with Crippen LogP contribution in [0.4, 0.5) is 0 Å². The van der Waals surface area contributed by atoms with Crippen LogP contribution in [0.3, 0.4) is 0 Å². The van der Waals surface area contributed by atoms with Gasteiger partial charge in [-0.1, -0.05) is 0 Å². The molecule has 0 fully saturated rings. The first-order valence-corrected chi connectivity index (χ1v) is 3.89. The fraction of sp³-hybridized carbons (Fsp3) is 0.625. The van der Waals surface area contributed by atoms with Crippen LogP contribution in [0.5, 0.6) is 0 Å². The lowest BCUT2D eigenvalue weighted by molar-refractivity contribution is -0.121. The highest BCUT2D eigenvalue weighted by Crippen LogP contribution is 1.95. The largest absolute Gasteiger partial charge is 0.351 e. The predicted octanol–water partition coefficient (Wildman–Crippen LogP) is 1.14. The van der Waals surface area contributed by atoms with Gasteiger partial charge < -0.3 is 5.32 Å². The van der Waals surface area contributed by atoms with Crippen LogP contribution in [0, 0.1) is 12.3 Å². The molecule has 0 aromatic rings. The van der Waals surface area contributed by atoms with Crippen molar-refractivity contribution in [1.82, 2.24) is 5.32 Å². The number of hydrogen-bond acceptors (Lipinski definition) is 1. The van der Waals surface area contributed by atoms with Crippen molar-refractivity contribution in [1.29, 1.82) is 0 Å². The van der Waals surface area contributed by atoms with E-state index in [-0.39, 0.29) is 11.9 Å². The van der Waals surface area contributed by atoms with Gasteiger partial charge in [0.05, 0.1) is 0 Å². The molecule has 3 heteroatoms. The molecule has 0 aromatic carbocycles. The molecule has 0 rings (SSSR count). The van der Waals surface area contributed by atoms with Crippen molar-refractivity contribution >= 4 is 17.5 Å². The molecule has 1 amide bonds. The molecule has 2 nitrogen and oxygen atoms in total. The molecule has 0 saturated carbocycles. The normalized spacial score (nSPS) is 14.7. The molecule has 0 spiro atoms. The quantitative estimate of drug-likeness (QED) is 0.504. The van der Waals surface area contributed by atoms with Gasteiger partial charge in [-0.05, 0) is 13.8 Å². The van der Waals surface area contributed by atoms with Crippen molar-refractivity contribution in [2.45, 2.75) is 31.7 Å². The van der Waals surface area contributed by atoms with E-state index in [1.165, 1.54) is 0 Å². The van der Waals surface area contributed by atoms with Crippen LogP contribution in [-0.2, 0) is 4.79 Å². The van der Waals surface area contributed by atoms with E-state index in [0.717, 1.165) is 0 Å². The number of halogens is 1. The summed E-state index contributed by atoms with van der Waals surface area (Å²) in [6, 6.07) is 0.00806. The zero-order valence-electron chi connectivity index (χ0n) is 6.73. The third-order valence-electron chi connectivity index (χ3n) is 1.17. The summed E-state index contributed by atoms with van der Waals surface area (Å²) in [5.41, 5.74) is 0. The fourth-order valence-corrected chi connectivity index (χ4v) is 0.648. The van der Waals surface area contributed by atoms with Gasteiger partial charge in [0.15, 0.2) is 0 Å². The van der Waals surface area contributed by atoms with Gasteiger partial charge >= 0.3 is 0 Å². The molecule has 1 N–H and O–H groups in total. The zero-order valence-corrected chi connectivity index (χ0v) is 7.48. The van der Waals surface area contributed by atoms with E-state index in [4.69, 9.17) is 18.0 Å². The summed E-state index contributed by atoms with van der Waals surface area (Å²) in [4.78, 5) is 10.9. The van der Waals surface area contributed by atoms with Gasteiger partial charge in [0, 0.05) is 12.5 Å². The highest BCUT2D eigenvalue weighted by molar-refractivity contribution is 6.30. The lowest BCUT2D eigenvalue weighted by Gasteiger charge is -2.11. The van der Waals surface area contributed by atoms with Crippen molar-refractivity contribution < 1.29 is 4.79 Å². The number of hydrogen-bond donors (Lipinski definition) is 1. The van der Waals surface area contributed by atoms with Crippen molar-refractivity contribution in [3.8, 4) is 12.3 Å². The SMILES string of the molecule is C#CCC(C)NC(=O)C(C)Cl. The number of nitrogens with one attached hydrogen (secondary N) is 1. The van der Waals surface area contributed by atoms with E-state index in [9.17, 15) is 4.79 Å². The van der Waals surface area contributed by atoms with Crippen LogP contribution < -0.4 is 5.32 Å². The Kier molecular flexibility index (Phi) is 4.72. The van der Waals surface area contributed by atoms with Gasteiger partial charge in [-0.3, -0.25) is 4.79 Å². The van der Waals surface area contributed by atoms with E-state index < -0.39 is 5.38 Å². The number of amides is 1. The molecule has 2 atom stereocenters. The van der Waals surface area contributed by atoms with Crippen LogP contribution in [0.25, 0.3) is 0 Å². The standard InChI is InChI=1S/C8H12ClNO/c1-4-5-6(2)10-8(11)7(3)9/h1,6-7H,5H2,2-3H3,(H,10,11). The first-order valence-electron chi connectivity index (χ1n) is 3.45. The summed E-state index contributed by atoms with van der Waals surface area (Å²) >= 11 is 5.51. The first-order chi connectivity index (χ1) is 5.07. The fourth-order valence-electron chi connectivity index (χ4n) is 0.585. The minimum atomic E-state index is -0.491. The summed E-state index contributed by atoms with van der Waals surface area (Å²) in [5.74, 6) is 2.28. The summed E-state index contributed by atoms with van der Waals surface area (Å²) in [6.07, 6.45) is 5.58. The Balaban J connectivity index is 3.68. The summed E-state index contributed by atoms with van der Waals surface area (Å²) in [6.45, 7) is 3.47. The average molecular weight is 174 g/mol. The Bertz CT molecular complexity index is 171. The van der Waals surface area contributed by atoms with Crippen molar-refractivity contribution in [2.75, 3.05) is 0 Å². The van der Waals surface area contributed by atoms with E-state index in [1.54, 1.807) is 6.92 Å². The summed E-state index contributed by atoms with van der Waals surface area (Å²) in [7, 11) is 0. The molecule has 11 heavy (non-hydrogen) atoms. The Morgan fingerprint density at radius 2 is 2.27 bits per heavy atom. The van der Waals surface area contributed by atoms with Gasteiger partial charge in [0.2, 0.25) is 5.91 Å². The van der Waals surface area contributed by atoms with Crippen LogP contribution >= 0.6 is 11.6 Å². The summed E-state index contributed by atoms with van der Waals surface area (Å²) in [5, 5.41) is 2.18. The highest BCUT2D eigenvalue weighted by Gasteiger charge is 2.10. The number of alkyl halides is 1. The Morgan fingerprint density at radius 1 is 1.73 bits per heavy atom. The predicted molar refractivity (Wildman–Crippen MR) is 46.4 cm³/mol. The maximum Gasteiger partial charge on any atom is 0.238 e. The van der Waals surface area contributed by atoms with E-state index in [0.29, 0.717) is 6.42 Å². The molecule has 62 valence electrons. The Hall–Kier alpha value is -0.680. The lowest BCUT2D eigenvalue weighted by atomic mass is 10.2. The molecule has 2 unspecified atom stereocenters. The second-order valence-corrected chi connectivity index (χ2v) is 3.09. The second-order valence-electron chi connectivity index (χ2n) is 2.43. The molecular weight excluding hydrogens is 162 g/mol. The molecule has 0 bridgehead atoms. The molecule has 0 radical (unpaired) electrons. The topological polar surface area (TPSA) is 29.1 Å². The molecule has 0 saturated heterocycles. The molecule has 0 aliphatic rings. The maximum absolute atomic E-state index is 10.9. The van der Waals surface area contributed by atoms with Crippen molar-refractivity contribution in [3.05, 3.63) is 0 Å². The van der Waals surface area contributed by atoms with Gasteiger partial charge in [-0.15, -0.1) is 23.9 Å². The number of rotatable bonds is 3. The molecule has 0 aliphatic heterocycles. The minimum Gasteiger partial charge on any atom is -0.351 e. The van der Waals surface area contributed by atoms with Crippen LogP contribution in [-0.4, -0.2) is 17.3 Å². The third kappa shape index (κ3) is 4.69. The average Bonchev–Trinajstić information content (AvgIpc) is 1.87. The zero-order chi connectivity index (χ0) is 8.85. The Labute approximate surface area is 72.3 Å². The lowest BCUT2D eigenvalue weighted by Crippen LogP contribution is -2.36. The first kappa shape index (κ1) is 10.3. The minimum absolute atomic E-state index is 0.00806. The molecule has 0 heterocycles. The van der Waals surface area contributed by atoms with Gasteiger partial charge in [-0.25, -0.2) is 0 Å². The maximum atomic E-state index is 10.9. The van der Waals surface area contributed by atoms with Gasteiger partial charge in [0.1, 0.15) is 5.38 Å². The van der Waals surface area contributed by atoms with Crippen LogP contribution in [0.2, 0.25) is 0 Å². The van der Waals surface area contributed by atoms with E-state index in [2.05, 4.69) is 11.2 Å². The number of carbonyl (C=O) groups is 1. The van der Waals surface area contributed by atoms with Crippen LogP contribution in [0.15, 0.2) is 0 Å². The third-order valence-corrected chi connectivity index (χ3v) is 1.37. The second kappa shape index (κ2) is 5.03. The highest BCUT2D eigenvalue weighted by atomic mass is 35.5. The van der Waals surface area contributed by atoms with Crippen LogP contribution in [0.1, 0.15) is 20.3 Å². The van der Waals surface area contributed by atoms with E-state index >= 15 is 0 Å². The molecular formula is C8H12ClNO. The monoisotopic (exact) mass is 173 g/mol. The van der Waals surface area contributed by atoms with Crippen molar-refractivity contribution in [2.24, 2.45) is 0 Å². The smallest absolute Gasteiger partial charge is 0.238 e. The van der Waals surface area contributed by atoms with Gasteiger partial charge in [0.25, 0.3) is 0 Å². The number of carbonyl (C=O) groups excluding carboxylic acids is 1. The molecule has 0 aliphatic carbocycles. The number of terminal acetylenes is 1. The van der Waals surface area contributed by atoms with Crippen molar-refractivity contribution in [3.63, 3.8) is 0 Å². The summed E-state index contributed by atoms with van der Waals surface area (Å²) < 4.78 is 0. The van der Waals surface area contributed by atoms with Gasteiger partial charge in [-0.2, -0.15) is 0 Å². The molecule has 0 aromatic heterocycles. The van der Waals surface area contributed by atoms with E-state index in [1.807, 2.05) is 6.92 Å².